The second kappa shape index (κ2) is 5.48. The van der Waals surface area contributed by atoms with Crippen LogP contribution in [-0.4, -0.2) is 0 Å². The zero-order valence-corrected chi connectivity index (χ0v) is 12.5. The molecule has 2 N–H and O–H groups in total. The summed E-state index contributed by atoms with van der Waals surface area (Å²) in [5.41, 5.74) is 6.27. The molecule has 0 saturated carbocycles. The fraction of sp³-hybridized carbons (Fsp3) is 0.0909. The number of benzene rings is 1. The molecule has 0 atom stereocenters. The molecule has 1 aromatic heterocycles. The lowest BCUT2D eigenvalue weighted by molar-refractivity contribution is 0.311. The van der Waals surface area contributed by atoms with E-state index < -0.39 is 0 Å². The Morgan fingerprint density at radius 1 is 1.24 bits per heavy atom. The van der Waals surface area contributed by atoms with Gasteiger partial charge in [-0.15, -0.1) is 11.3 Å². The second-order valence-corrected chi connectivity index (χ2v) is 6.05. The summed E-state index contributed by atoms with van der Waals surface area (Å²) in [4.78, 5) is 1.10. The van der Waals surface area contributed by atoms with E-state index in [9.17, 15) is 0 Å². The lowest BCUT2D eigenvalue weighted by Gasteiger charge is -2.09. The summed E-state index contributed by atoms with van der Waals surface area (Å²) in [5, 5.41) is 2.86. The molecule has 6 heteroatoms. The number of hydrogen-bond donors (Lipinski definition) is 1. The number of halogens is 3. The Balaban J connectivity index is 2.11. The third-order valence-corrected chi connectivity index (χ3v) is 4.44. The molecule has 2 aromatic rings. The predicted molar refractivity (Wildman–Crippen MR) is 77.2 cm³/mol. The Bertz CT molecular complexity index is 544. The topological polar surface area (TPSA) is 35.2 Å². The van der Waals surface area contributed by atoms with Gasteiger partial charge in [0.2, 0.25) is 0 Å². The fourth-order valence-corrected chi connectivity index (χ4v) is 2.94. The molecule has 0 unspecified atom stereocenters. The molecule has 0 radical (unpaired) electrons. The Morgan fingerprint density at radius 2 is 1.94 bits per heavy atom. The van der Waals surface area contributed by atoms with Crippen molar-refractivity contribution in [2.75, 3.05) is 5.73 Å². The van der Waals surface area contributed by atoms with Crippen LogP contribution in [0, 0.1) is 0 Å². The first-order valence-corrected chi connectivity index (χ1v) is 7.09. The molecule has 1 aromatic carbocycles. The molecule has 0 amide bonds. The van der Waals surface area contributed by atoms with Crippen LogP contribution in [0.2, 0.25) is 10.0 Å². The maximum Gasteiger partial charge on any atom is 0.144 e. The zero-order valence-electron chi connectivity index (χ0n) is 8.54. The lowest BCUT2D eigenvalue weighted by atomic mass is 10.3. The van der Waals surface area contributed by atoms with Gasteiger partial charge in [-0.25, -0.2) is 0 Å². The van der Waals surface area contributed by atoms with Gasteiger partial charge in [-0.1, -0.05) is 23.2 Å². The van der Waals surface area contributed by atoms with Crippen molar-refractivity contribution in [3.8, 4) is 5.75 Å². The molecule has 0 bridgehead atoms. The number of nitrogens with two attached hydrogens (primary N) is 1. The number of rotatable bonds is 3. The molecule has 0 aliphatic heterocycles. The maximum absolute atomic E-state index is 5.90. The van der Waals surface area contributed by atoms with Gasteiger partial charge in [-0.2, -0.15) is 0 Å². The number of hydrogen-bond acceptors (Lipinski definition) is 3. The van der Waals surface area contributed by atoms with Crippen molar-refractivity contribution in [1.29, 1.82) is 0 Å². The largest absolute Gasteiger partial charge is 0.486 e. The number of nitrogen functional groups attached to an aromatic ring is 1. The van der Waals surface area contributed by atoms with E-state index in [2.05, 4.69) is 15.9 Å². The predicted octanol–water partition coefficient (Wildman–Crippen LogP) is 4.98. The lowest BCUT2D eigenvalue weighted by Crippen LogP contribution is -1.97. The van der Waals surface area contributed by atoms with E-state index >= 15 is 0 Å². The van der Waals surface area contributed by atoms with E-state index in [1.165, 1.54) is 0 Å². The molecule has 2 nitrogen and oxygen atoms in total. The van der Waals surface area contributed by atoms with Crippen molar-refractivity contribution in [1.82, 2.24) is 0 Å². The first-order chi connectivity index (χ1) is 8.06. The SMILES string of the molecule is Nc1cc(Cl)c(Cl)cc1OCc1cc(Br)cs1. The number of ether oxygens (including phenoxy) is 1. The van der Waals surface area contributed by atoms with Crippen LogP contribution in [0.15, 0.2) is 28.1 Å². The van der Waals surface area contributed by atoms with Crippen molar-refractivity contribution in [2.45, 2.75) is 6.61 Å². The first-order valence-electron chi connectivity index (χ1n) is 4.66. The van der Waals surface area contributed by atoms with Crippen LogP contribution in [0.5, 0.6) is 5.75 Å². The maximum atomic E-state index is 5.90. The van der Waals surface area contributed by atoms with Crippen LogP contribution in [-0.2, 0) is 6.61 Å². The van der Waals surface area contributed by atoms with Gasteiger partial charge in [0.15, 0.2) is 0 Å². The molecular weight excluding hydrogens is 345 g/mol. The molecule has 0 saturated heterocycles. The van der Waals surface area contributed by atoms with E-state index in [1.54, 1.807) is 23.5 Å². The van der Waals surface area contributed by atoms with E-state index in [-0.39, 0.29) is 0 Å². The summed E-state index contributed by atoms with van der Waals surface area (Å²) >= 11 is 16.7. The standard InChI is InChI=1S/C11H8BrCl2NOS/c12-6-1-7(17-5-6)4-16-11-3-9(14)8(13)2-10(11)15/h1-3,5H,4,15H2. The van der Waals surface area contributed by atoms with Crippen LogP contribution >= 0.6 is 50.5 Å². The van der Waals surface area contributed by atoms with Gasteiger partial charge >= 0.3 is 0 Å². The highest BCUT2D eigenvalue weighted by Gasteiger charge is 2.07. The van der Waals surface area contributed by atoms with Crippen LogP contribution in [0.25, 0.3) is 0 Å². The van der Waals surface area contributed by atoms with Crippen LogP contribution in [0.1, 0.15) is 4.88 Å². The minimum atomic E-state index is 0.426. The molecule has 90 valence electrons. The third-order valence-electron chi connectivity index (χ3n) is 2.04. The Kier molecular flexibility index (Phi) is 4.20. The fourth-order valence-electron chi connectivity index (χ4n) is 1.25. The van der Waals surface area contributed by atoms with Crippen LogP contribution in [0.3, 0.4) is 0 Å². The summed E-state index contributed by atoms with van der Waals surface area (Å²) in [5.74, 6) is 0.545. The Morgan fingerprint density at radius 3 is 2.59 bits per heavy atom. The van der Waals surface area contributed by atoms with Gasteiger partial charge in [-0.05, 0) is 28.1 Å². The molecule has 0 aliphatic carbocycles. The number of thiophene rings is 1. The van der Waals surface area contributed by atoms with Gasteiger partial charge in [0.25, 0.3) is 0 Å². The highest BCUT2D eigenvalue weighted by molar-refractivity contribution is 9.10. The average molecular weight is 353 g/mol. The van der Waals surface area contributed by atoms with E-state index in [0.717, 1.165) is 9.35 Å². The summed E-state index contributed by atoms with van der Waals surface area (Å²) in [6.07, 6.45) is 0. The van der Waals surface area contributed by atoms with Gasteiger partial charge in [0.1, 0.15) is 12.4 Å². The quantitative estimate of drug-likeness (QED) is 0.790. The van der Waals surface area contributed by atoms with Gasteiger partial charge in [0.05, 0.1) is 15.7 Å². The van der Waals surface area contributed by atoms with Crippen molar-refractivity contribution in [3.63, 3.8) is 0 Å². The third kappa shape index (κ3) is 3.28. The van der Waals surface area contributed by atoms with E-state index in [1.807, 2.05) is 11.4 Å². The Hall–Kier alpha value is -0.420. The van der Waals surface area contributed by atoms with Crippen LogP contribution in [0.4, 0.5) is 5.69 Å². The monoisotopic (exact) mass is 351 g/mol. The summed E-state index contributed by atoms with van der Waals surface area (Å²) < 4.78 is 6.64. The normalized spacial score (nSPS) is 10.5. The first kappa shape index (κ1) is 13.0. The van der Waals surface area contributed by atoms with Gasteiger partial charge < -0.3 is 10.5 Å². The summed E-state index contributed by atoms with van der Waals surface area (Å²) in [6, 6.07) is 5.21. The minimum Gasteiger partial charge on any atom is -0.486 e. The molecule has 0 aliphatic rings. The van der Waals surface area contributed by atoms with E-state index in [4.69, 9.17) is 33.7 Å². The smallest absolute Gasteiger partial charge is 0.144 e. The molecule has 2 rings (SSSR count). The van der Waals surface area contributed by atoms with E-state index in [0.29, 0.717) is 28.1 Å². The summed E-state index contributed by atoms with van der Waals surface area (Å²) in [7, 11) is 0. The minimum absolute atomic E-state index is 0.426. The molecule has 0 spiro atoms. The van der Waals surface area contributed by atoms with Crippen molar-refractivity contribution in [3.05, 3.63) is 43.0 Å². The molecule has 1 heterocycles. The highest BCUT2D eigenvalue weighted by atomic mass is 79.9. The molecule has 17 heavy (non-hydrogen) atoms. The summed E-state index contributed by atoms with van der Waals surface area (Å²) in [6.45, 7) is 0.457. The van der Waals surface area contributed by atoms with Crippen molar-refractivity contribution >= 4 is 56.2 Å². The average Bonchev–Trinajstić information content (AvgIpc) is 2.68. The number of anilines is 1. The molecule has 0 fully saturated rings. The Labute approximate surface area is 121 Å². The van der Waals surface area contributed by atoms with Crippen LogP contribution < -0.4 is 10.5 Å². The van der Waals surface area contributed by atoms with Gasteiger partial charge in [0, 0.05) is 20.8 Å². The van der Waals surface area contributed by atoms with Gasteiger partial charge in [-0.3, -0.25) is 0 Å². The van der Waals surface area contributed by atoms with Crippen molar-refractivity contribution < 1.29 is 4.74 Å². The molecular formula is C11H8BrCl2NOS. The second-order valence-electron chi connectivity index (χ2n) is 3.32. The zero-order chi connectivity index (χ0) is 12.4. The highest BCUT2D eigenvalue weighted by Crippen LogP contribution is 2.33. The van der Waals surface area contributed by atoms with Crippen molar-refractivity contribution in [2.24, 2.45) is 0 Å².